The number of nitrogens with zero attached hydrogens (tertiary/aromatic N) is 2. The molecule has 0 unspecified atom stereocenters. The lowest BCUT2D eigenvalue weighted by Gasteiger charge is -2.47. The summed E-state index contributed by atoms with van der Waals surface area (Å²) < 4.78 is 6.46. The fraction of sp³-hybridized carbons (Fsp3) is 0.760. The summed E-state index contributed by atoms with van der Waals surface area (Å²) in [7, 11) is 0. The Bertz CT molecular complexity index is 613. The van der Waals surface area contributed by atoms with Gasteiger partial charge in [-0.15, -0.1) is 0 Å². The molecule has 0 amide bonds. The van der Waals surface area contributed by atoms with Gasteiger partial charge in [-0.2, -0.15) is 0 Å². The van der Waals surface area contributed by atoms with E-state index in [1.54, 1.807) is 5.56 Å². The van der Waals surface area contributed by atoms with E-state index in [-0.39, 0.29) is 0 Å². The van der Waals surface area contributed by atoms with E-state index < -0.39 is 0 Å². The minimum Gasteiger partial charge on any atom is -0.375 e. The molecule has 1 aromatic carbocycles. The molecule has 2 heterocycles. The Hall–Kier alpha value is -0.900. The highest BCUT2D eigenvalue weighted by atomic mass is 16.5. The second-order valence-corrected chi connectivity index (χ2v) is 10.5. The summed E-state index contributed by atoms with van der Waals surface area (Å²) in [6.45, 7) is 14.1. The summed E-state index contributed by atoms with van der Waals surface area (Å²) in [4.78, 5) is 5.35. The number of hydrogen-bond acceptors (Lipinski definition) is 3. The molecule has 0 atom stereocenters. The third-order valence-corrected chi connectivity index (χ3v) is 7.44. The highest BCUT2D eigenvalue weighted by molar-refractivity contribution is 5.25. The topological polar surface area (TPSA) is 15.7 Å². The monoisotopic (exact) mass is 384 g/mol. The molecule has 1 aromatic rings. The third kappa shape index (κ3) is 4.80. The van der Waals surface area contributed by atoms with E-state index in [0.717, 1.165) is 12.0 Å². The van der Waals surface area contributed by atoms with Crippen molar-refractivity contribution in [3.05, 3.63) is 35.4 Å². The molecule has 1 aliphatic carbocycles. The van der Waals surface area contributed by atoms with Crippen molar-refractivity contribution in [2.24, 2.45) is 0 Å². The second-order valence-electron chi connectivity index (χ2n) is 10.5. The van der Waals surface area contributed by atoms with Gasteiger partial charge in [-0.1, -0.05) is 29.8 Å². The minimum absolute atomic E-state index is 0.303. The van der Waals surface area contributed by atoms with E-state index in [1.807, 2.05) is 0 Å². The molecule has 0 bridgehead atoms. The smallest absolute Gasteiger partial charge is 0.0608 e. The molecule has 156 valence electrons. The average molecular weight is 385 g/mol. The summed E-state index contributed by atoms with van der Waals surface area (Å²) in [5, 5.41) is 0. The summed E-state index contributed by atoms with van der Waals surface area (Å²) in [6.07, 6.45) is 8.58. The van der Waals surface area contributed by atoms with E-state index in [2.05, 4.69) is 61.8 Å². The van der Waals surface area contributed by atoms with Crippen molar-refractivity contribution in [2.45, 2.75) is 95.9 Å². The first kappa shape index (κ1) is 20.4. The molecule has 3 heteroatoms. The van der Waals surface area contributed by atoms with Crippen LogP contribution in [0.4, 0.5) is 0 Å². The zero-order valence-corrected chi connectivity index (χ0v) is 18.5. The summed E-state index contributed by atoms with van der Waals surface area (Å²) in [6, 6.07) is 9.99. The quantitative estimate of drug-likeness (QED) is 0.728. The van der Waals surface area contributed by atoms with Crippen molar-refractivity contribution < 1.29 is 4.74 Å². The molecule has 0 spiro atoms. The molecule has 28 heavy (non-hydrogen) atoms. The number of hydrogen-bond donors (Lipinski definition) is 0. The van der Waals surface area contributed by atoms with Crippen LogP contribution in [-0.2, 0) is 4.74 Å². The van der Waals surface area contributed by atoms with Crippen molar-refractivity contribution in [1.82, 2.24) is 9.80 Å². The van der Waals surface area contributed by atoms with Gasteiger partial charge in [-0.3, -0.25) is 4.90 Å². The Balaban J connectivity index is 1.15. The zero-order chi connectivity index (χ0) is 19.7. The van der Waals surface area contributed by atoms with E-state index in [1.165, 1.54) is 70.3 Å². The number of piperidine rings is 2. The van der Waals surface area contributed by atoms with Crippen LogP contribution in [0.5, 0.6) is 0 Å². The standard InChI is InChI=1S/C25H40N2O/c1-19-5-7-20(8-6-19)21-9-13-26(14-10-21)22-17-24(18-22)28-23-11-15-27(16-12-23)25(2,3)4/h5-8,21-24H,9-18H2,1-4H3. The highest BCUT2D eigenvalue weighted by Gasteiger charge is 2.38. The third-order valence-electron chi connectivity index (χ3n) is 7.44. The largest absolute Gasteiger partial charge is 0.375 e. The zero-order valence-electron chi connectivity index (χ0n) is 18.5. The van der Waals surface area contributed by atoms with Gasteiger partial charge >= 0.3 is 0 Å². The van der Waals surface area contributed by atoms with Crippen molar-refractivity contribution in [2.75, 3.05) is 26.2 Å². The molecule has 4 rings (SSSR count). The normalized spacial score (nSPS) is 29.0. The van der Waals surface area contributed by atoms with E-state index >= 15 is 0 Å². The molecule has 1 saturated carbocycles. The fourth-order valence-corrected chi connectivity index (χ4v) is 5.32. The Morgan fingerprint density at radius 2 is 1.43 bits per heavy atom. The van der Waals surface area contributed by atoms with E-state index in [9.17, 15) is 0 Å². The van der Waals surface area contributed by atoms with Crippen molar-refractivity contribution in [3.8, 4) is 0 Å². The Morgan fingerprint density at radius 3 is 2.00 bits per heavy atom. The molecular weight excluding hydrogens is 344 g/mol. The van der Waals surface area contributed by atoms with Gasteiger partial charge in [0.05, 0.1) is 12.2 Å². The van der Waals surface area contributed by atoms with Gasteiger partial charge in [0.15, 0.2) is 0 Å². The van der Waals surface area contributed by atoms with Gasteiger partial charge in [0.1, 0.15) is 0 Å². The van der Waals surface area contributed by atoms with Crippen molar-refractivity contribution >= 4 is 0 Å². The van der Waals surface area contributed by atoms with Gasteiger partial charge < -0.3 is 9.64 Å². The minimum atomic E-state index is 0.303. The molecule has 3 aliphatic rings. The number of ether oxygens (including phenoxy) is 1. The lowest BCUT2D eigenvalue weighted by molar-refractivity contribution is -0.110. The van der Waals surface area contributed by atoms with Gasteiger partial charge in [-0.05, 0) is 90.8 Å². The van der Waals surface area contributed by atoms with Crippen LogP contribution in [0.1, 0.15) is 76.3 Å². The molecule has 0 aromatic heterocycles. The van der Waals surface area contributed by atoms with Crippen LogP contribution in [0.2, 0.25) is 0 Å². The molecule has 2 aliphatic heterocycles. The summed E-state index contributed by atoms with van der Waals surface area (Å²) in [5.74, 6) is 0.761. The molecular formula is C25H40N2O. The van der Waals surface area contributed by atoms with Crippen molar-refractivity contribution in [1.29, 1.82) is 0 Å². The van der Waals surface area contributed by atoms with Crippen LogP contribution in [0.25, 0.3) is 0 Å². The molecule has 3 nitrogen and oxygen atoms in total. The Labute approximate surface area is 172 Å². The second kappa shape index (κ2) is 8.45. The molecule has 0 radical (unpaired) electrons. The van der Waals surface area contributed by atoms with Crippen molar-refractivity contribution in [3.63, 3.8) is 0 Å². The van der Waals surface area contributed by atoms with Gasteiger partial charge in [0.25, 0.3) is 0 Å². The van der Waals surface area contributed by atoms with Crippen LogP contribution in [-0.4, -0.2) is 59.8 Å². The van der Waals surface area contributed by atoms with Gasteiger partial charge in [0, 0.05) is 24.7 Å². The van der Waals surface area contributed by atoms with Gasteiger partial charge in [0.2, 0.25) is 0 Å². The first-order chi connectivity index (χ1) is 13.4. The maximum absolute atomic E-state index is 6.46. The number of aryl methyl sites for hydroxylation is 1. The predicted octanol–water partition coefficient (Wildman–Crippen LogP) is 4.98. The number of rotatable bonds is 4. The van der Waals surface area contributed by atoms with Crippen LogP contribution in [0.15, 0.2) is 24.3 Å². The van der Waals surface area contributed by atoms with E-state index in [0.29, 0.717) is 17.7 Å². The number of likely N-dealkylation sites (tertiary alicyclic amines) is 2. The fourth-order valence-electron chi connectivity index (χ4n) is 5.32. The molecule has 2 saturated heterocycles. The Kier molecular flexibility index (Phi) is 6.15. The summed E-state index contributed by atoms with van der Waals surface area (Å²) >= 11 is 0. The first-order valence-corrected chi connectivity index (χ1v) is 11.6. The molecule has 3 fully saturated rings. The SMILES string of the molecule is Cc1ccc(C2CCN(C3CC(OC4CCN(C(C)(C)C)CC4)C3)CC2)cc1. The van der Waals surface area contributed by atoms with Gasteiger partial charge in [-0.25, -0.2) is 0 Å². The summed E-state index contributed by atoms with van der Waals surface area (Å²) in [5.41, 5.74) is 3.21. The number of benzene rings is 1. The first-order valence-electron chi connectivity index (χ1n) is 11.6. The Morgan fingerprint density at radius 1 is 0.821 bits per heavy atom. The van der Waals surface area contributed by atoms with Crippen LogP contribution < -0.4 is 0 Å². The average Bonchev–Trinajstić information content (AvgIpc) is 2.65. The predicted molar refractivity (Wildman–Crippen MR) is 117 cm³/mol. The van der Waals surface area contributed by atoms with Crippen LogP contribution >= 0.6 is 0 Å². The van der Waals surface area contributed by atoms with Crippen LogP contribution in [0, 0.1) is 6.92 Å². The van der Waals surface area contributed by atoms with Crippen LogP contribution in [0.3, 0.4) is 0 Å². The van der Waals surface area contributed by atoms with E-state index in [4.69, 9.17) is 4.74 Å². The maximum atomic E-state index is 6.46. The lowest BCUT2D eigenvalue weighted by Crippen LogP contribution is -2.52. The highest BCUT2D eigenvalue weighted by Crippen LogP contribution is 2.36. The molecule has 0 N–H and O–H groups in total. The maximum Gasteiger partial charge on any atom is 0.0608 e. The lowest BCUT2D eigenvalue weighted by atomic mass is 9.83.